The Balaban J connectivity index is 1.98. The highest BCUT2D eigenvalue weighted by molar-refractivity contribution is 9.10. The Morgan fingerprint density at radius 1 is 1.45 bits per heavy atom. The van der Waals surface area contributed by atoms with E-state index in [4.69, 9.17) is 15.2 Å². The standard InChI is InChI=1S/C19H20BrN5O4/c1-10-5-12(6-13(16(10)20)19(27)28-2)23-18-14(17(22)26)8-25(24-18)15-9-29-4-3-11(15)7-21/h5-6,8,11,15H,3-4,9H2,1-2H3,(H2,22,26)(H,23,24). The number of aryl methyl sites for hydroxylation is 1. The molecular weight excluding hydrogens is 442 g/mol. The normalized spacial score (nSPS) is 18.7. The Morgan fingerprint density at radius 3 is 2.86 bits per heavy atom. The Hall–Kier alpha value is -2.90. The first kappa shape index (κ1) is 20.8. The van der Waals surface area contributed by atoms with Crippen molar-refractivity contribution in [1.29, 1.82) is 5.26 Å². The van der Waals surface area contributed by atoms with E-state index in [9.17, 15) is 14.9 Å². The fourth-order valence-electron chi connectivity index (χ4n) is 3.21. The molecule has 3 rings (SSSR count). The van der Waals surface area contributed by atoms with Crippen molar-refractivity contribution in [3.63, 3.8) is 0 Å². The number of hydrogen-bond acceptors (Lipinski definition) is 7. The highest BCUT2D eigenvalue weighted by Gasteiger charge is 2.29. The van der Waals surface area contributed by atoms with Gasteiger partial charge in [-0.05, 0) is 47.0 Å². The number of anilines is 2. The fraction of sp³-hybridized carbons (Fsp3) is 0.368. The molecule has 0 radical (unpaired) electrons. The van der Waals surface area contributed by atoms with Crippen LogP contribution in [0, 0.1) is 24.2 Å². The molecule has 0 aliphatic carbocycles. The van der Waals surface area contributed by atoms with Crippen LogP contribution in [-0.2, 0) is 9.47 Å². The van der Waals surface area contributed by atoms with E-state index in [1.54, 1.807) is 16.8 Å². The average Bonchev–Trinajstić information content (AvgIpc) is 3.13. The van der Waals surface area contributed by atoms with Gasteiger partial charge in [-0.3, -0.25) is 9.48 Å². The van der Waals surface area contributed by atoms with E-state index in [0.717, 1.165) is 5.56 Å². The van der Waals surface area contributed by atoms with Gasteiger partial charge in [0.15, 0.2) is 5.82 Å². The van der Waals surface area contributed by atoms with E-state index < -0.39 is 11.9 Å². The van der Waals surface area contributed by atoms with Gasteiger partial charge < -0.3 is 20.5 Å². The first-order valence-electron chi connectivity index (χ1n) is 8.87. The highest BCUT2D eigenvalue weighted by Crippen LogP contribution is 2.31. The third kappa shape index (κ3) is 4.26. The molecule has 0 spiro atoms. The molecule has 1 fully saturated rings. The molecule has 2 heterocycles. The Labute approximate surface area is 175 Å². The molecule has 10 heteroatoms. The second-order valence-electron chi connectivity index (χ2n) is 6.67. The molecule has 29 heavy (non-hydrogen) atoms. The third-order valence-electron chi connectivity index (χ3n) is 4.75. The summed E-state index contributed by atoms with van der Waals surface area (Å²) in [6.45, 7) is 2.66. The number of nitrogens with two attached hydrogens (primary N) is 1. The topological polar surface area (TPSA) is 132 Å². The Morgan fingerprint density at radius 2 is 2.21 bits per heavy atom. The maximum atomic E-state index is 12.0. The van der Waals surface area contributed by atoms with Gasteiger partial charge in [0.05, 0.1) is 37.3 Å². The lowest BCUT2D eigenvalue weighted by Crippen LogP contribution is -2.29. The average molecular weight is 462 g/mol. The number of rotatable bonds is 5. The first-order valence-corrected chi connectivity index (χ1v) is 9.66. The lowest BCUT2D eigenvalue weighted by molar-refractivity contribution is 0.0342. The number of carbonyl (C=O) groups is 2. The van der Waals surface area contributed by atoms with Gasteiger partial charge in [0.25, 0.3) is 5.91 Å². The highest BCUT2D eigenvalue weighted by atomic mass is 79.9. The van der Waals surface area contributed by atoms with Gasteiger partial charge in [-0.25, -0.2) is 4.79 Å². The van der Waals surface area contributed by atoms with Gasteiger partial charge >= 0.3 is 5.97 Å². The summed E-state index contributed by atoms with van der Waals surface area (Å²) in [5.41, 5.74) is 7.36. The van der Waals surface area contributed by atoms with Crippen LogP contribution >= 0.6 is 15.9 Å². The minimum atomic E-state index is -0.661. The molecule has 1 aliphatic rings. The molecule has 1 saturated heterocycles. The van der Waals surface area contributed by atoms with E-state index in [1.165, 1.54) is 13.3 Å². The fourth-order valence-corrected chi connectivity index (χ4v) is 3.60. The van der Waals surface area contributed by atoms with Gasteiger partial charge in [-0.15, -0.1) is 0 Å². The molecule has 1 amide bonds. The Bertz CT molecular complexity index is 997. The van der Waals surface area contributed by atoms with Crippen LogP contribution in [0.1, 0.15) is 38.7 Å². The van der Waals surface area contributed by atoms with Crippen molar-refractivity contribution in [2.24, 2.45) is 11.7 Å². The van der Waals surface area contributed by atoms with E-state index in [0.29, 0.717) is 35.4 Å². The SMILES string of the molecule is COC(=O)c1cc(Nc2nn(C3COCCC3C#N)cc2C(N)=O)cc(C)c1Br. The van der Waals surface area contributed by atoms with Crippen LogP contribution in [0.25, 0.3) is 0 Å². The number of aromatic nitrogens is 2. The number of methoxy groups -OCH3 is 1. The summed E-state index contributed by atoms with van der Waals surface area (Å²) >= 11 is 3.38. The third-order valence-corrected chi connectivity index (χ3v) is 5.80. The molecule has 3 N–H and O–H groups in total. The molecular formula is C19H20BrN5O4. The van der Waals surface area contributed by atoms with Crippen LogP contribution in [0.15, 0.2) is 22.8 Å². The molecule has 9 nitrogen and oxygen atoms in total. The predicted octanol–water partition coefficient (Wildman–Crippen LogP) is 2.68. The van der Waals surface area contributed by atoms with Crippen molar-refractivity contribution in [3.05, 3.63) is 39.5 Å². The van der Waals surface area contributed by atoms with Crippen molar-refractivity contribution >= 4 is 39.3 Å². The summed E-state index contributed by atoms with van der Waals surface area (Å²) in [6, 6.07) is 5.33. The summed E-state index contributed by atoms with van der Waals surface area (Å²) in [7, 11) is 1.30. The number of ether oxygens (including phenoxy) is 2. The van der Waals surface area contributed by atoms with Crippen molar-refractivity contribution in [1.82, 2.24) is 9.78 Å². The van der Waals surface area contributed by atoms with Gasteiger partial charge in [-0.2, -0.15) is 10.4 Å². The number of amides is 1. The van der Waals surface area contributed by atoms with Crippen LogP contribution in [0.2, 0.25) is 0 Å². The van der Waals surface area contributed by atoms with Crippen LogP contribution in [0.4, 0.5) is 11.5 Å². The number of esters is 1. The monoisotopic (exact) mass is 461 g/mol. The van der Waals surface area contributed by atoms with Gasteiger partial charge in [-0.1, -0.05) is 0 Å². The molecule has 1 aliphatic heterocycles. The molecule has 152 valence electrons. The zero-order valence-corrected chi connectivity index (χ0v) is 17.5. The predicted molar refractivity (Wildman–Crippen MR) is 108 cm³/mol. The largest absolute Gasteiger partial charge is 0.465 e. The minimum Gasteiger partial charge on any atom is -0.465 e. The molecule has 0 bridgehead atoms. The molecule has 1 aromatic carbocycles. The number of nitriles is 1. The molecule has 1 aromatic heterocycles. The van der Waals surface area contributed by atoms with Gasteiger partial charge in [0.2, 0.25) is 0 Å². The van der Waals surface area contributed by atoms with E-state index in [2.05, 4.69) is 32.4 Å². The maximum Gasteiger partial charge on any atom is 0.339 e. The van der Waals surface area contributed by atoms with E-state index >= 15 is 0 Å². The van der Waals surface area contributed by atoms with Crippen LogP contribution < -0.4 is 11.1 Å². The summed E-state index contributed by atoms with van der Waals surface area (Å²) in [4.78, 5) is 24.0. The molecule has 2 unspecified atom stereocenters. The van der Waals surface area contributed by atoms with E-state index in [-0.39, 0.29) is 23.3 Å². The maximum absolute atomic E-state index is 12.0. The summed E-state index contributed by atoms with van der Waals surface area (Å²) in [5, 5.41) is 16.9. The summed E-state index contributed by atoms with van der Waals surface area (Å²) in [6.07, 6.45) is 2.10. The lowest BCUT2D eigenvalue weighted by Gasteiger charge is -2.26. The summed E-state index contributed by atoms with van der Waals surface area (Å²) < 4.78 is 12.4. The first-order chi connectivity index (χ1) is 13.8. The zero-order valence-electron chi connectivity index (χ0n) is 15.9. The smallest absolute Gasteiger partial charge is 0.339 e. The Kier molecular flexibility index (Phi) is 6.20. The summed E-state index contributed by atoms with van der Waals surface area (Å²) in [5.74, 6) is -1.21. The number of carbonyl (C=O) groups excluding carboxylic acids is 2. The number of nitrogens with zero attached hydrogens (tertiary/aromatic N) is 3. The zero-order chi connectivity index (χ0) is 21.1. The quantitative estimate of drug-likeness (QED) is 0.653. The second-order valence-corrected chi connectivity index (χ2v) is 7.47. The van der Waals surface area contributed by atoms with Crippen molar-refractivity contribution in [2.45, 2.75) is 19.4 Å². The van der Waals surface area contributed by atoms with Crippen LogP contribution in [0.3, 0.4) is 0 Å². The number of benzene rings is 1. The van der Waals surface area contributed by atoms with E-state index in [1.807, 2.05) is 6.92 Å². The molecule has 0 saturated carbocycles. The number of halogens is 1. The van der Waals surface area contributed by atoms with Gasteiger partial charge in [0, 0.05) is 23.0 Å². The second kappa shape index (κ2) is 8.63. The van der Waals surface area contributed by atoms with Crippen LogP contribution in [-0.4, -0.2) is 42.0 Å². The number of nitrogens with one attached hydrogen (secondary N) is 1. The van der Waals surface area contributed by atoms with Crippen molar-refractivity contribution in [2.75, 3.05) is 25.6 Å². The number of hydrogen-bond donors (Lipinski definition) is 2. The lowest BCUT2D eigenvalue weighted by atomic mass is 9.97. The van der Waals surface area contributed by atoms with Crippen molar-refractivity contribution in [3.8, 4) is 6.07 Å². The molecule has 2 aromatic rings. The minimum absolute atomic E-state index is 0.174. The van der Waals surface area contributed by atoms with Crippen LogP contribution in [0.5, 0.6) is 0 Å². The number of primary amides is 1. The van der Waals surface area contributed by atoms with Crippen molar-refractivity contribution < 1.29 is 19.1 Å². The molecule has 2 atom stereocenters. The van der Waals surface area contributed by atoms with Gasteiger partial charge in [0.1, 0.15) is 5.56 Å².